The maximum absolute atomic E-state index is 12.3. The fourth-order valence-electron chi connectivity index (χ4n) is 1.50. The molecule has 0 aromatic carbocycles. The number of likely N-dealkylation sites (N-methyl/N-ethyl adjacent to an activating group) is 2. The summed E-state index contributed by atoms with van der Waals surface area (Å²) in [6.07, 6.45) is 1.43. The summed E-state index contributed by atoms with van der Waals surface area (Å²) in [5, 5.41) is 3.92. The van der Waals surface area contributed by atoms with Gasteiger partial charge in [-0.15, -0.1) is 0 Å². The number of anilines is 1. The van der Waals surface area contributed by atoms with E-state index in [2.05, 4.69) is 5.10 Å². The van der Waals surface area contributed by atoms with Crippen molar-refractivity contribution in [2.75, 3.05) is 32.9 Å². The van der Waals surface area contributed by atoms with Crippen molar-refractivity contribution in [2.24, 2.45) is 7.05 Å². The second-order valence-corrected chi connectivity index (χ2v) is 4.18. The second kappa shape index (κ2) is 5.52. The van der Waals surface area contributed by atoms with E-state index >= 15 is 0 Å². The molecule has 2 N–H and O–H groups in total. The van der Waals surface area contributed by atoms with Gasteiger partial charge in [-0.1, -0.05) is 0 Å². The van der Waals surface area contributed by atoms with Gasteiger partial charge in [0.25, 0.3) is 5.91 Å². The van der Waals surface area contributed by atoms with Crippen LogP contribution in [-0.2, 0) is 11.8 Å². The van der Waals surface area contributed by atoms with Crippen LogP contribution in [0, 0.1) is 0 Å². The first-order chi connectivity index (χ1) is 8.38. The highest BCUT2D eigenvalue weighted by Gasteiger charge is 2.23. The number of carbonyl (C=O) groups excluding carboxylic acids is 2. The largest absolute Gasteiger partial charge is 0.396 e. The first-order valence-corrected chi connectivity index (χ1v) is 5.65. The number of nitrogens with zero attached hydrogens (tertiary/aromatic N) is 4. The average Bonchev–Trinajstić information content (AvgIpc) is 2.64. The summed E-state index contributed by atoms with van der Waals surface area (Å²) >= 11 is 0. The van der Waals surface area contributed by atoms with Crippen LogP contribution in [0.5, 0.6) is 0 Å². The maximum Gasteiger partial charge on any atom is 0.274 e. The van der Waals surface area contributed by atoms with Crippen LogP contribution in [0.15, 0.2) is 6.20 Å². The average molecular weight is 253 g/mol. The monoisotopic (exact) mass is 253 g/mol. The van der Waals surface area contributed by atoms with Crippen LogP contribution in [-0.4, -0.2) is 58.6 Å². The molecule has 0 aliphatic heterocycles. The summed E-state index contributed by atoms with van der Waals surface area (Å²) in [6, 6.07) is 0. The van der Waals surface area contributed by atoms with Gasteiger partial charge in [0, 0.05) is 27.7 Å². The number of rotatable bonds is 4. The molecular weight excluding hydrogens is 234 g/mol. The van der Waals surface area contributed by atoms with Gasteiger partial charge in [-0.3, -0.25) is 14.3 Å². The Morgan fingerprint density at radius 2 is 2.06 bits per heavy atom. The van der Waals surface area contributed by atoms with Gasteiger partial charge in [0.1, 0.15) is 12.2 Å². The minimum Gasteiger partial charge on any atom is -0.396 e. The predicted octanol–water partition coefficient (Wildman–Crippen LogP) is -0.447. The summed E-state index contributed by atoms with van der Waals surface area (Å²) in [5.74, 6) is -0.420. The number of amides is 2. The topological polar surface area (TPSA) is 84.5 Å². The SMILES string of the molecule is CCN(CC(=O)N(C)C)C(=O)c1c(N)cnn1C. The lowest BCUT2D eigenvalue weighted by molar-refractivity contribution is -0.129. The lowest BCUT2D eigenvalue weighted by atomic mass is 10.3. The molecule has 0 radical (unpaired) electrons. The molecule has 0 aliphatic rings. The molecule has 100 valence electrons. The molecule has 0 bridgehead atoms. The number of nitrogen functional groups attached to an aromatic ring is 1. The van der Waals surface area contributed by atoms with Gasteiger partial charge >= 0.3 is 0 Å². The molecule has 0 fully saturated rings. The van der Waals surface area contributed by atoms with Crippen LogP contribution in [0.3, 0.4) is 0 Å². The molecule has 7 heteroatoms. The zero-order valence-electron chi connectivity index (χ0n) is 11.2. The molecule has 1 aromatic heterocycles. The van der Waals surface area contributed by atoms with Crippen LogP contribution in [0.25, 0.3) is 0 Å². The summed E-state index contributed by atoms with van der Waals surface area (Å²) < 4.78 is 1.42. The van der Waals surface area contributed by atoms with E-state index in [1.54, 1.807) is 21.1 Å². The van der Waals surface area contributed by atoms with Crippen LogP contribution in [0.2, 0.25) is 0 Å². The molecule has 0 spiro atoms. The standard InChI is InChI=1S/C11H19N5O2/c1-5-16(7-9(17)14(2)3)11(18)10-8(12)6-13-15(10)4/h6H,5,7,12H2,1-4H3. The van der Waals surface area contributed by atoms with Crippen molar-refractivity contribution < 1.29 is 9.59 Å². The summed E-state index contributed by atoms with van der Waals surface area (Å²) in [4.78, 5) is 26.8. The summed E-state index contributed by atoms with van der Waals surface area (Å²) in [7, 11) is 4.95. The second-order valence-electron chi connectivity index (χ2n) is 4.18. The van der Waals surface area contributed by atoms with Gasteiger partial charge in [-0.2, -0.15) is 5.10 Å². The number of nitrogens with two attached hydrogens (primary N) is 1. The van der Waals surface area contributed by atoms with E-state index in [4.69, 9.17) is 5.73 Å². The normalized spacial score (nSPS) is 10.2. The van der Waals surface area contributed by atoms with Crippen molar-refractivity contribution in [2.45, 2.75) is 6.92 Å². The van der Waals surface area contributed by atoms with Crippen molar-refractivity contribution >= 4 is 17.5 Å². The molecule has 18 heavy (non-hydrogen) atoms. The Kier molecular flexibility index (Phi) is 4.30. The van der Waals surface area contributed by atoms with E-state index in [1.807, 2.05) is 6.92 Å². The van der Waals surface area contributed by atoms with E-state index < -0.39 is 0 Å². The summed E-state index contributed by atoms with van der Waals surface area (Å²) in [6.45, 7) is 2.28. The van der Waals surface area contributed by atoms with Gasteiger partial charge in [-0.25, -0.2) is 0 Å². The Morgan fingerprint density at radius 3 is 2.44 bits per heavy atom. The number of carbonyl (C=O) groups is 2. The number of hydrogen-bond donors (Lipinski definition) is 1. The first-order valence-electron chi connectivity index (χ1n) is 5.65. The van der Waals surface area contributed by atoms with Crippen LogP contribution < -0.4 is 5.73 Å². The minimum absolute atomic E-state index is 0.0347. The Labute approximate surface area is 106 Å². The molecule has 0 saturated carbocycles. The summed E-state index contributed by atoms with van der Waals surface area (Å²) in [5.41, 5.74) is 6.33. The Bertz CT molecular complexity index is 433. The van der Waals surface area contributed by atoms with Crippen molar-refractivity contribution in [1.29, 1.82) is 0 Å². The quantitative estimate of drug-likeness (QED) is 0.788. The molecule has 1 heterocycles. The molecule has 0 atom stereocenters. The molecule has 2 amide bonds. The Hall–Kier alpha value is -2.05. The highest BCUT2D eigenvalue weighted by atomic mass is 16.2. The van der Waals surface area contributed by atoms with Crippen LogP contribution in [0.4, 0.5) is 5.69 Å². The van der Waals surface area contributed by atoms with E-state index in [0.29, 0.717) is 17.9 Å². The smallest absolute Gasteiger partial charge is 0.274 e. The third kappa shape index (κ3) is 2.79. The van der Waals surface area contributed by atoms with E-state index in [1.165, 1.54) is 20.7 Å². The number of aryl methyl sites for hydroxylation is 1. The molecular formula is C11H19N5O2. The molecule has 0 unspecified atom stereocenters. The highest BCUT2D eigenvalue weighted by Crippen LogP contribution is 2.12. The third-order valence-electron chi connectivity index (χ3n) is 2.66. The van der Waals surface area contributed by atoms with Crippen molar-refractivity contribution in [1.82, 2.24) is 19.6 Å². The lowest BCUT2D eigenvalue weighted by Gasteiger charge is -2.22. The van der Waals surface area contributed by atoms with Gasteiger partial charge in [-0.05, 0) is 6.92 Å². The zero-order valence-corrected chi connectivity index (χ0v) is 11.2. The predicted molar refractivity (Wildman–Crippen MR) is 67.9 cm³/mol. The molecule has 0 aliphatic carbocycles. The van der Waals surface area contributed by atoms with Gasteiger partial charge in [0.05, 0.1) is 11.9 Å². The van der Waals surface area contributed by atoms with Gasteiger partial charge in [0.15, 0.2) is 0 Å². The first kappa shape index (κ1) is 14.0. The molecule has 1 aromatic rings. The van der Waals surface area contributed by atoms with Crippen LogP contribution in [0.1, 0.15) is 17.4 Å². The number of aromatic nitrogens is 2. The third-order valence-corrected chi connectivity index (χ3v) is 2.66. The Morgan fingerprint density at radius 1 is 1.44 bits per heavy atom. The van der Waals surface area contributed by atoms with Crippen molar-refractivity contribution in [3.05, 3.63) is 11.9 Å². The van der Waals surface area contributed by atoms with Crippen LogP contribution >= 0.6 is 0 Å². The molecule has 0 saturated heterocycles. The molecule has 1 rings (SSSR count). The van der Waals surface area contributed by atoms with E-state index in [0.717, 1.165) is 0 Å². The van der Waals surface area contributed by atoms with Gasteiger partial charge in [0.2, 0.25) is 5.91 Å². The zero-order chi connectivity index (χ0) is 13.9. The Balaban J connectivity index is 2.90. The van der Waals surface area contributed by atoms with Crippen molar-refractivity contribution in [3.8, 4) is 0 Å². The van der Waals surface area contributed by atoms with E-state index in [9.17, 15) is 9.59 Å². The van der Waals surface area contributed by atoms with E-state index in [-0.39, 0.29) is 18.4 Å². The fourth-order valence-corrected chi connectivity index (χ4v) is 1.50. The fraction of sp³-hybridized carbons (Fsp3) is 0.545. The number of hydrogen-bond acceptors (Lipinski definition) is 4. The lowest BCUT2D eigenvalue weighted by Crippen LogP contribution is -2.41. The molecule has 7 nitrogen and oxygen atoms in total. The highest BCUT2D eigenvalue weighted by molar-refractivity contribution is 5.99. The van der Waals surface area contributed by atoms with Gasteiger partial charge < -0.3 is 15.5 Å². The van der Waals surface area contributed by atoms with Crippen molar-refractivity contribution in [3.63, 3.8) is 0 Å². The maximum atomic E-state index is 12.3. The minimum atomic E-state index is -0.287.